The van der Waals surface area contributed by atoms with Crippen molar-refractivity contribution >= 4 is 27.5 Å². The van der Waals surface area contributed by atoms with Gasteiger partial charge in [0.2, 0.25) is 0 Å². The second kappa shape index (κ2) is 5.00. The minimum atomic E-state index is -0.657. The van der Waals surface area contributed by atoms with Gasteiger partial charge in [0.05, 0.1) is 5.54 Å². The monoisotopic (exact) mass is 324 g/mol. The Morgan fingerprint density at radius 2 is 2.00 bits per heavy atom. The summed E-state index contributed by atoms with van der Waals surface area (Å²) < 4.78 is 0.940. The molecule has 2 nitrogen and oxygen atoms in total. The third-order valence-corrected chi connectivity index (χ3v) is 3.90. The van der Waals surface area contributed by atoms with Gasteiger partial charge in [0.15, 0.2) is 0 Å². The summed E-state index contributed by atoms with van der Waals surface area (Å²) in [6, 6.07) is 7.69. The zero-order valence-electron chi connectivity index (χ0n) is 10.2. The lowest BCUT2D eigenvalue weighted by Crippen LogP contribution is -2.35. The Morgan fingerprint density at radius 3 is 2.61 bits per heavy atom. The van der Waals surface area contributed by atoms with Crippen molar-refractivity contribution in [3.63, 3.8) is 0 Å². The first-order chi connectivity index (χ1) is 8.43. The summed E-state index contributed by atoms with van der Waals surface area (Å²) in [5, 5.41) is 0.651. The minimum absolute atomic E-state index is 0.651. The van der Waals surface area contributed by atoms with E-state index in [1.54, 1.807) is 12.4 Å². The van der Waals surface area contributed by atoms with Gasteiger partial charge < -0.3 is 5.73 Å². The summed E-state index contributed by atoms with van der Waals surface area (Å²) >= 11 is 9.68. The molecule has 1 aromatic carbocycles. The highest BCUT2D eigenvalue weighted by Gasteiger charge is 2.27. The van der Waals surface area contributed by atoms with Crippen LogP contribution in [-0.4, -0.2) is 4.98 Å². The molecule has 4 heteroatoms. The SMILES string of the molecule is Cc1ccncc1C(C)(N)c1ccc(Br)cc1Cl. The molecule has 0 saturated heterocycles. The van der Waals surface area contributed by atoms with E-state index in [0.717, 1.165) is 21.2 Å². The smallest absolute Gasteiger partial charge is 0.0669 e. The quantitative estimate of drug-likeness (QED) is 0.905. The molecule has 0 bridgehead atoms. The lowest BCUT2D eigenvalue weighted by atomic mass is 9.84. The van der Waals surface area contributed by atoms with Crippen molar-refractivity contribution in [2.75, 3.05) is 0 Å². The lowest BCUT2D eigenvalue weighted by molar-refractivity contribution is 0.596. The predicted molar refractivity (Wildman–Crippen MR) is 78.8 cm³/mol. The minimum Gasteiger partial charge on any atom is -0.318 e. The number of nitrogens with zero attached hydrogens (tertiary/aromatic N) is 1. The maximum absolute atomic E-state index is 6.47. The summed E-state index contributed by atoms with van der Waals surface area (Å²) in [5.74, 6) is 0. The molecular weight excluding hydrogens is 312 g/mol. The second-order valence-electron chi connectivity index (χ2n) is 4.52. The number of aromatic nitrogens is 1. The molecule has 1 heterocycles. The van der Waals surface area contributed by atoms with E-state index in [0.29, 0.717) is 5.02 Å². The normalized spacial score (nSPS) is 14.3. The first-order valence-corrected chi connectivity index (χ1v) is 6.75. The van der Waals surface area contributed by atoms with Crippen molar-refractivity contribution in [3.05, 3.63) is 62.8 Å². The van der Waals surface area contributed by atoms with E-state index in [1.807, 2.05) is 38.1 Å². The van der Waals surface area contributed by atoms with Crippen molar-refractivity contribution in [2.24, 2.45) is 5.73 Å². The highest BCUT2D eigenvalue weighted by atomic mass is 79.9. The molecule has 1 aromatic heterocycles. The zero-order valence-corrected chi connectivity index (χ0v) is 12.6. The van der Waals surface area contributed by atoms with Crippen LogP contribution in [-0.2, 0) is 5.54 Å². The molecule has 18 heavy (non-hydrogen) atoms. The van der Waals surface area contributed by atoms with Gasteiger partial charge in [0.25, 0.3) is 0 Å². The number of aryl methyl sites for hydroxylation is 1. The van der Waals surface area contributed by atoms with Crippen LogP contribution < -0.4 is 5.73 Å². The topological polar surface area (TPSA) is 38.9 Å². The van der Waals surface area contributed by atoms with E-state index < -0.39 is 5.54 Å². The average molecular weight is 326 g/mol. The molecule has 0 amide bonds. The van der Waals surface area contributed by atoms with Gasteiger partial charge >= 0.3 is 0 Å². The molecule has 2 rings (SSSR count). The number of rotatable bonds is 2. The predicted octanol–water partition coefficient (Wildman–Crippen LogP) is 4.03. The first kappa shape index (κ1) is 13.5. The number of pyridine rings is 1. The Kier molecular flexibility index (Phi) is 3.76. The van der Waals surface area contributed by atoms with Crippen LogP contribution >= 0.6 is 27.5 Å². The third kappa shape index (κ3) is 2.44. The van der Waals surface area contributed by atoms with Crippen molar-refractivity contribution in [1.29, 1.82) is 0 Å². The Labute approximate surface area is 120 Å². The summed E-state index contributed by atoms with van der Waals surface area (Å²) in [6.45, 7) is 3.97. The Balaban J connectivity index is 2.58. The van der Waals surface area contributed by atoms with Crippen LogP contribution in [0.5, 0.6) is 0 Å². The number of hydrogen-bond donors (Lipinski definition) is 1. The molecule has 0 aliphatic rings. The van der Waals surface area contributed by atoms with Crippen molar-refractivity contribution < 1.29 is 0 Å². The van der Waals surface area contributed by atoms with Crippen LogP contribution in [0.1, 0.15) is 23.6 Å². The van der Waals surface area contributed by atoms with Gasteiger partial charge in [0, 0.05) is 21.9 Å². The summed E-state index contributed by atoms with van der Waals surface area (Å²) in [6.07, 6.45) is 3.56. The van der Waals surface area contributed by atoms with Crippen LogP contribution in [0.4, 0.5) is 0 Å². The molecular formula is C14H14BrClN2. The van der Waals surface area contributed by atoms with E-state index in [9.17, 15) is 0 Å². The van der Waals surface area contributed by atoms with E-state index >= 15 is 0 Å². The molecule has 0 fully saturated rings. The number of halogens is 2. The molecule has 0 radical (unpaired) electrons. The van der Waals surface area contributed by atoms with Crippen LogP contribution in [0.3, 0.4) is 0 Å². The number of nitrogens with two attached hydrogens (primary N) is 1. The van der Waals surface area contributed by atoms with Gasteiger partial charge in [-0.1, -0.05) is 33.6 Å². The summed E-state index contributed by atoms with van der Waals surface area (Å²) in [7, 11) is 0. The highest BCUT2D eigenvalue weighted by molar-refractivity contribution is 9.10. The fourth-order valence-electron chi connectivity index (χ4n) is 2.06. The second-order valence-corrected chi connectivity index (χ2v) is 5.84. The van der Waals surface area contributed by atoms with Crippen LogP contribution in [0, 0.1) is 6.92 Å². The molecule has 0 aliphatic carbocycles. The fourth-order valence-corrected chi connectivity index (χ4v) is 2.93. The Hall–Kier alpha value is -0.900. The maximum atomic E-state index is 6.47. The lowest BCUT2D eigenvalue weighted by Gasteiger charge is -2.28. The molecule has 1 atom stereocenters. The van der Waals surface area contributed by atoms with Crippen molar-refractivity contribution in [3.8, 4) is 0 Å². The molecule has 0 aliphatic heterocycles. The van der Waals surface area contributed by atoms with Gasteiger partial charge in [0.1, 0.15) is 0 Å². The Bertz CT molecular complexity index is 582. The summed E-state index contributed by atoms with van der Waals surface area (Å²) in [4.78, 5) is 4.15. The largest absolute Gasteiger partial charge is 0.318 e. The van der Waals surface area contributed by atoms with Gasteiger partial charge in [-0.15, -0.1) is 0 Å². The summed E-state index contributed by atoms with van der Waals surface area (Å²) in [5.41, 5.74) is 8.79. The number of benzene rings is 1. The van der Waals surface area contributed by atoms with E-state index in [1.165, 1.54) is 0 Å². The van der Waals surface area contributed by atoms with Crippen LogP contribution in [0.25, 0.3) is 0 Å². The van der Waals surface area contributed by atoms with Gasteiger partial charge in [-0.05, 0) is 48.7 Å². The highest BCUT2D eigenvalue weighted by Crippen LogP contribution is 2.34. The van der Waals surface area contributed by atoms with Crippen LogP contribution in [0.2, 0.25) is 5.02 Å². The fraction of sp³-hybridized carbons (Fsp3) is 0.214. The van der Waals surface area contributed by atoms with E-state index in [4.69, 9.17) is 17.3 Å². The first-order valence-electron chi connectivity index (χ1n) is 5.58. The van der Waals surface area contributed by atoms with Crippen molar-refractivity contribution in [1.82, 2.24) is 4.98 Å². The zero-order chi connectivity index (χ0) is 13.3. The van der Waals surface area contributed by atoms with E-state index in [2.05, 4.69) is 20.9 Å². The molecule has 2 N–H and O–H groups in total. The molecule has 1 unspecified atom stereocenters. The van der Waals surface area contributed by atoms with Gasteiger partial charge in [-0.2, -0.15) is 0 Å². The van der Waals surface area contributed by atoms with Crippen LogP contribution in [0.15, 0.2) is 41.1 Å². The van der Waals surface area contributed by atoms with Crippen molar-refractivity contribution in [2.45, 2.75) is 19.4 Å². The molecule has 0 spiro atoms. The standard InChI is InChI=1S/C14H14BrClN2/c1-9-5-6-18-8-12(9)14(2,17)11-4-3-10(15)7-13(11)16/h3-8H,17H2,1-2H3. The number of hydrogen-bond acceptors (Lipinski definition) is 2. The molecule has 94 valence electrons. The van der Waals surface area contributed by atoms with Gasteiger partial charge in [-0.3, -0.25) is 4.98 Å². The molecule has 2 aromatic rings. The third-order valence-electron chi connectivity index (χ3n) is 3.09. The van der Waals surface area contributed by atoms with Gasteiger partial charge in [-0.25, -0.2) is 0 Å². The van der Waals surface area contributed by atoms with E-state index in [-0.39, 0.29) is 0 Å². The molecule has 0 saturated carbocycles. The average Bonchev–Trinajstić information content (AvgIpc) is 2.28. The maximum Gasteiger partial charge on any atom is 0.0669 e. The Morgan fingerprint density at radius 1 is 1.28 bits per heavy atom.